The Kier molecular flexibility index (Phi) is 6.51. The highest BCUT2D eigenvalue weighted by Gasteiger charge is 2.30. The van der Waals surface area contributed by atoms with Crippen molar-refractivity contribution < 1.29 is 9.18 Å². The molecule has 2 heterocycles. The molecular weight excluding hydrogens is 430 g/mol. The Bertz CT molecular complexity index is 1150. The number of Topliss-reactive ketones (excluding diaryl/α,β-unsaturated/α-hetero) is 1. The summed E-state index contributed by atoms with van der Waals surface area (Å²) < 4.78 is 16.9. The van der Waals surface area contributed by atoms with Crippen LogP contribution in [-0.2, 0) is 0 Å². The minimum absolute atomic E-state index is 0. The van der Waals surface area contributed by atoms with Crippen LogP contribution in [0.25, 0.3) is 10.9 Å². The van der Waals surface area contributed by atoms with Crippen LogP contribution in [0.5, 0.6) is 0 Å². The lowest BCUT2D eigenvalue weighted by atomic mass is 10.1. The zero-order valence-corrected chi connectivity index (χ0v) is 17.9. The number of anilines is 1. The van der Waals surface area contributed by atoms with E-state index in [9.17, 15) is 9.59 Å². The van der Waals surface area contributed by atoms with E-state index in [2.05, 4.69) is 5.32 Å². The number of rotatable bonds is 6. The van der Waals surface area contributed by atoms with Crippen molar-refractivity contribution in [2.24, 2.45) is 0 Å². The number of nitrogens with zero attached hydrogens (tertiary/aromatic N) is 3. The first-order valence-electron chi connectivity index (χ1n) is 9.50. The van der Waals surface area contributed by atoms with E-state index >= 15 is 4.39 Å². The second-order valence-electron chi connectivity index (χ2n) is 7.46. The largest absolute Gasteiger partial charge is 0.360 e. The van der Waals surface area contributed by atoms with E-state index in [1.165, 1.54) is 12.3 Å². The third kappa shape index (κ3) is 3.83. The third-order valence-corrected chi connectivity index (χ3v) is 5.74. The highest BCUT2D eigenvalue weighted by atomic mass is 35.5. The lowest BCUT2D eigenvalue weighted by Gasteiger charge is -2.23. The number of likely N-dealkylation sites (N-methyl/N-ethyl adjacent to an activating group) is 1. The summed E-state index contributed by atoms with van der Waals surface area (Å²) in [6, 6.07) is 3.06. The Morgan fingerprint density at radius 1 is 1.43 bits per heavy atom. The molecule has 0 bridgehead atoms. The van der Waals surface area contributed by atoms with Crippen LogP contribution in [0, 0.1) is 17.1 Å². The maximum atomic E-state index is 15.1. The van der Waals surface area contributed by atoms with Crippen molar-refractivity contribution >= 4 is 46.4 Å². The quantitative estimate of drug-likeness (QED) is 0.537. The Morgan fingerprint density at radius 3 is 2.80 bits per heavy atom. The molecule has 158 valence electrons. The maximum Gasteiger partial charge on any atom is 0.200 e. The number of hydrogen-bond donors (Lipinski definition) is 1. The molecule has 0 saturated heterocycles. The monoisotopic (exact) mass is 450 g/mol. The minimum atomic E-state index is -0.592. The van der Waals surface area contributed by atoms with Crippen LogP contribution in [-0.4, -0.2) is 37.0 Å². The van der Waals surface area contributed by atoms with Gasteiger partial charge in [0.05, 0.1) is 39.7 Å². The summed E-state index contributed by atoms with van der Waals surface area (Å²) in [6.45, 7) is 1.79. The normalized spacial score (nSPS) is 15.7. The van der Waals surface area contributed by atoms with Crippen molar-refractivity contribution in [1.82, 2.24) is 9.88 Å². The third-order valence-electron chi connectivity index (χ3n) is 5.38. The summed E-state index contributed by atoms with van der Waals surface area (Å²) in [6.07, 6.45) is 4.92. The number of halogens is 3. The number of fused-ring (bicyclic) bond motifs is 1. The smallest absolute Gasteiger partial charge is 0.200 e. The summed E-state index contributed by atoms with van der Waals surface area (Å²) in [5.41, 5.74) is 1.19. The van der Waals surface area contributed by atoms with Crippen LogP contribution >= 0.6 is 24.0 Å². The first-order valence-corrected chi connectivity index (χ1v) is 9.88. The molecule has 1 fully saturated rings. The Labute approximate surface area is 184 Å². The fraction of sp³-hybridized carbons (Fsp3) is 0.381. The molecule has 2 aromatic rings. The molecule has 0 atom stereocenters. The molecule has 0 spiro atoms. The van der Waals surface area contributed by atoms with E-state index in [0.717, 1.165) is 18.4 Å². The zero-order valence-electron chi connectivity index (χ0n) is 16.4. The van der Waals surface area contributed by atoms with Crippen LogP contribution < -0.4 is 15.6 Å². The van der Waals surface area contributed by atoms with Crippen molar-refractivity contribution in [2.45, 2.75) is 25.3 Å². The van der Waals surface area contributed by atoms with Gasteiger partial charge in [0.2, 0.25) is 0 Å². The Morgan fingerprint density at radius 2 is 2.17 bits per heavy atom. The van der Waals surface area contributed by atoms with Gasteiger partial charge in [-0.1, -0.05) is 17.7 Å². The molecule has 1 aromatic carbocycles. The Balaban J connectivity index is 0.00000256. The van der Waals surface area contributed by atoms with Crippen molar-refractivity contribution in [3.8, 4) is 6.07 Å². The summed E-state index contributed by atoms with van der Waals surface area (Å²) in [5, 5.41) is 12.2. The second kappa shape index (κ2) is 8.76. The zero-order chi connectivity index (χ0) is 20.7. The molecule has 1 aliphatic carbocycles. The first kappa shape index (κ1) is 22.3. The van der Waals surface area contributed by atoms with Crippen LogP contribution in [0.15, 0.2) is 28.7 Å². The minimum Gasteiger partial charge on any atom is -0.360 e. The van der Waals surface area contributed by atoms with Gasteiger partial charge in [0.1, 0.15) is 5.82 Å². The SMILES string of the molecule is CNCC1=CCN(c2c(F)cc3c(=O)c(C(=O)CC#N)cn(C4CC4)c3c2Cl)C1.Cl. The maximum absolute atomic E-state index is 15.1. The van der Waals surface area contributed by atoms with Gasteiger partial charge >= 0.3 is 0 Å². The molecule has 30 heavy (non-hydrogen) atoms. The summed E-state index contributed by atoms with van der Waals surface area (Å²) in [5.74, 6) is -1.15. The van der Waals surface area contributed by atoms with Gasteiger partial charge in [-0.3, -0.25) is 9.59 Å². The molecule has 1 saturated carbocycles. The van der Waals surface area contributed by atoms with E-state index in [0.29, 0.717) is 25.2 Å². The fourth-order valence-electron chi connectivity index (χ4n) is 3.87. The molecule has 0 radical (unpaired) electrons. The summed E-state index contributed by atoms with van der Waals surface area (Å²) in [7, 11) is 1.85. The molecule has 1 aliphatic heterocycles. The van der Waals surface area contributed by atoms with Crippen molar-refractivity contribution in [3.63, 3.8) is 0 Å². The van der Waals surface area contributed by atoms with Gasteiger partial charge in [-0.25, -0.2) is 4.39 Å². The number of carbonyl (C=O) groups is 1. The van der Waals surface area contributed by atoms with Crippen molar-refractivity contribution in [3.05, 3.63) is 50.5 Å². The Hall–Kier alpha value is -2.40. The van der Waals surface area contributed by atoms with E-state index < -0.39 is 23.5 Å². The molecule has 0 unspecified atom stereocenters. The standard InChI is InChI=1S/C21H20ClFN4O2.ClH/c1-25-9-12-5-7-26(10-12)20-16(23)8-14-19(18(20)22)27(13-2-3-13)11-15(21(14)29)17(28)4-6-24;/h5,8,11,13,25H,2-4,7,9-10H2,1H3;1H. The predicted molar refractivity (Wildman–Crippen MR) is 117 cm³/mol. The molecule has 1 N–H and O–H groups in total. The number of nitriles is 1. The van der Waals surface area contributed by atoms with Crippen molar-refractivity contribution in [1.29, 1.82) is 5.26 Å². The molecule has 6 nitrogen and oxygen atoms in total. The van der Waals surface area contributed by atoms with Crippen LogP contribution in [0.3, 0.4) is 0 Å². The molecule has 2 aliphatic rings. The second-order valence-corrected chi connectivity index (χ2v) is 7.84. The van der Waals surface area contributed by atoms with Gasteiger partial charge in [0.25, 0.3) is 0 Å². The van der Waals surface area contributed by atoms with Gasteiger partial charge in [-0.15, -0.1) is 12.4 Å². The van der Waals surface area contributed by atoms with E-state index in [4.69, 9.17) is 16.9 Å². The number of carbonyl (C=O) groups excluding carboxylic acids is 1. The topological polar surface area (TPSA) is 78.1 Å². The van der Waals surface area contributed by atoms with Gasteiger partial charge in [-0.05, 0) is 31.5 Å². The first-order chi connectivity index (χ1) is 14.0. The van der Waals surface area contributed by atoms with Crippen LogP contribution in [0.4, 0.5) is 10.1 Å². The molecular formula is C21H21Cl2FN4O2. The average molecular weight is 451 g/mol. The number of pyridine rings is 1. The number of hydrogen-bond acceptors (Lipinski definition) is 5. The highest BCUT2D eigenvalue weighted by molar-refractivity contribution is 6.38. The predicted octanol–water partition coefficient (Wildman–Crippen LogP) is 3.61. The molecule has 9 heteroatoms. The highest BCUT2D eigenvalue weighted by Crippen LogP contribution is 2.42. The molecule has 4 rings (SSSR count). The lowest BCUT2D eigenvalue weighted by molar-refractivity contribution is 0.0996. The van der Waals surface area contributed by atoms with E-state index in [1.807, 2.05) is 22.6 Å². The summed E-state index contributed by atoms with van der Waals surface area (Å²) in [4.78, 5) is 27.0. The van der Waals surface area contributed by atoms with Gasteiger partial charge < -0.3 is 14.8 Å². The van der Waals surface area contributed by atoms with Gasteiger partial charge in [-0.2, -0.15) is 5.26 Å². The summed E-state index contributed by atoms with van der Waals surface area (Å²) >= 11 is 6.68. The van der Waals surface area contributed by atoms with Gasteiger partial charge in [0, 0.05) is 31.9 Å². The van der Waals surface area contributed by atoms with E-state index in [-0.39, 0.29) is 40.1 Å². The number of ketones is 1. The number of benzene rings is 1. The average Bonchev–Trinajstić information content (AvgIpc) is 3.43. The van der Waals surface area contributed by atoms with Gasteiger partial charge in [0.15, 0.2) is 11.2 Å². The van der Waals surface area contributed by atoms with Crippen molar-refractivity contribution in [2.75, 3.05) is 31.6 Å². The molecule has 1 aromatic heterocycles. The van der Waals surface area contributed by atoms with E-state index in [1.54, 1.807) is 6.07 Å². The number of aromatic nitrogens is 1. The lowest BCUT2D eigenvalue weighted by Crippen LogP contribution is -2.25. The van der Waals surface area contributed by atoms with Crippen LogP contribution in [0.2, 0.25) is 5.02 Å². The number of nitrogens with one attached hydrogen (secondary N) is 1. The molecule has 0 amide bonds. The fourth-order valence-corrected chi connectivity index (χ4v) is 4.28. The van der Waals surface area contributed by atoms with Crippen LogP contribution in [0.1, 0.15) is 35.7 Å².